The molecule has 0 unspecified atom stereocenters. The van der Waals surface area contributed by atoms with E-state index >= 15 is 0 Å². The van der Waals surface area contributed by atoms with E-state index in [0.717, 1.165) is 6.54 Å². The Kier molecular flexibility index (Phi) is 656. The van der Waals surface area contributed by atoms with Gasteiger partial charge in [0.05, 0.1) is 0 Å². The van der Waals surface area contributed by atoms with Gasteiger partial charge in [-0.15, -0.1) is 0 Å². The van der Waals surface area contributed by atoms with E-state index in [4.69, 9.17) is 5.73 Å². The largest absolute Gasteiger partial charge is 0.331 e. The lowest BCUT2D eigenvalue weighted by Gasteiger charge is -1.53. The van der Waals surface area contributed by atoms with Crippen LogP contribution in [0.3, 0.4) is 0 Å². The zero-order valence-corrected chi connectivity index (χ0v) is 8.63. The van der Waals surface area contributed by atoms with Gasteiger partial charge in [0, 0.05) is 0 Å². The van der Waals surface area contributed by atoms with Crippen LogP contribution in [0.4, 0.5) is 0 Å². The summed E-state index contributed by atoms with van der Waals surface area (Å²) in [6, 6.07) is 0. The fourth-order valence-corrected chi connectivity index (χ4v) is 0. The van der Waals surface area contributed by atoms with E-state index in [0.29, 0.717) is 0 Å². The average molecular weight is 153 g/mol. The number of rotatable bonds is 0. The minimum atomic E-state index is 0.750. The fraction of sp³-hybridized carbons (Fsp3) is 1.00. The van der Waals surface area contributed by atoms with Gasteiger partial charge in [-0.2, -0.15) is 12.6 Å². The lowest BCUT2D eigenvalue weighted by molar-refractivity contribution is 1.14. The van der Waals surface area contributed by atoms with Crippen molar-refractivity contribution in [1.82, 2.24) is 0 Å². The van der Waals surface area contributed by atoms with Crippen molar-refractivity contribution in [2.24, 2.45) is 5.73 Å². The Hall–Kier alpha value is 0.310. The van der Waals surface area contributed by atoms with Crippen LogP contribution < -0.4 is 5.73 Å². The molecule has 0 rings (SSSR count). The molecule has 2 N–H and O–H groups in total. The summed E-state index contributed by atoms with van der Waals surface area (Å²) in [5.41, 5.74) is 4.85. The highest BCUT2D eigenvalue weighted by molar-refractivity contribution is 7.79. The number of hydrogen-bond donors (Lipinski definition) is 2. The standard InChI is InChI=1S/C2H7N.2C2H6.CH4S/c1-2-3;3*1-2/h2-3H2,1H3;2*1-2H3;2H,1H3. The molecular formula is C7H23NS. The highest BCUT2D eigenvalue weighted by Crippen LogP contribution is 1.31. The zero-order valence-electron chi connectivity index (χ0n) is 7.73. The van der Waals surface area contributed by atoms with Crippen molar-refractivity contribution in [3.8, 4) is 0 Å². The quantitative estimate of drug-likeness (QED) is 0.514. The van der Waals surface area contributed by atoms with Gasteiger partial charge in [-0.05, 0) is 12.8 Å². The summed E-state index contributed by atoms with van der Waals surface area (Å²) >= 11 is 3.53. The molecule has 0 aromatic rings. The minimum absolute atomic E-state index is 0.750. The van der Waals surface area contributed by atoms with Gasteiger partial charge in [0.15, 0.2) is 0 Å². The van der Waals surface area contributed by atoms with Crippen LogP contribution in [0.5, 0.6) is 0 Å². The summed E-state index contributed by atoms with van der Waals surface area (Å²) < 4.78 is 0. The molecule has 2 heteroatoms. The van der Waals surface area contributed by atoms with Crippen molar-refractivity contribution in [2.45, 2.75) is 34.6 Å². The van der Waals surface area contributed by atoms with Gasteiger partial charge < -0.3 is 5.73 Å². The third-order valence-electron chi connectivity index (χ3n) is 0. The fourth-order valence-electron chi connectivity index (χ4n) is 0. The molecule has 0 heterocycles. The minimum Gasteiger partial charge on any atom is -0.331 e. The first-order valence-corrected chi connectivity index (χ1v) is 4.46. The average Bonchev–Trinajstić information content (AvgIpc) is 2.01. The van der Waals surface area contributed by atoms with Crippen molar-refractivity contribution in [2.75, 3.05) is 12.8 Å². The Morgan fingerprint density at radius 1 is 1.00 bits per heavy atom. The predicted molar refractivity (Wildman–Crippen MR) is 52.3 cm³/mol. The highest BCUT2D eigenvalue weighted by atomic mass is 32.1. The van der Waals surface area contributed by atoms with E-state index in [2.05, 4.69) is 12.6 Å². The molecular weight excluding hydrogens is 130 g/mol. The van der Waals surface area contributed by atoms with Gasteiger partial charge in [-0.25, -0.2) is 0 Å². The Bertz CT molecular complexity index is 8.88. The van der Waals surface area contributed by atoms with Crippen LogP contribution in [0.15, 0.2) is 0 Å². The summed E-state index contributed by atoms with van der Waals surface area (Å²) in [5, 5.41) is 0. The van der Waals surface area contributed by atoms with Crippen LogP contribution in [0.2, 0.25) is 0 Å². The van der Waals surface area contributed by atoms with Gasteiger partial charge in [0.25, 0.3) is 0 Å². The zero-order chi connectivity index (χ0) is 8.71. The maximum Gasteiger partial charge on any atom is -0.0106 e. The molecule has 9 heavy (non-hydrogen) atoms. The van der Waals surface area contributed by atoms with Crippen molar-refractivity contribution >= 4 is 12.6 Å². The molecule has 0 amide bonds. The van der Waals surface area contributed by atoms with Gasteiger partial charge in [0.1, 0.15) is 0 Å². The van der Waals surface area contributed by atoms with E-state index in [1.54, 1.807) is 6.26 Å². The van der Waals surface area contributed by atoms with Crippen LogP contribution in [-0.4, -0.2) is 12.8 Å². The van der Waals surface area contributed by atoms with Gasteiger partial charge in [-0.1, -0.05) is 34.6 Å². The van der Waals surface area contributed by atoms with Gasteiger partial charge >= 0.3 is 0 Å². The maximum atomic E-state index is 4.85. The number of thiol groups is 1. The first-order valence-electron chi connectivity index (χ1n) is 3.56. The van der Waals surface area contributed by atoms with E-state index in [1.807, 2.05) is 34.6 Å². The lowest BCUT2D eigenvalue weighted by Crippen LogP contribution is -1.87. The van der Waals surface area contributed by atoms with Gasteiger partial charge in [-0.3, -0.25) is 0 Å². The van der Waals surface area contributed by atoms with Crippen LogP contribution in [-0.2, 0) is 0 Å². The van der Waals surface area contributed by atoms with E-state index in [9.17, 15) is 0 Å². The van der Waals surface area contributed by atoms with E-state index in [-0.39, 0.29) is 0 Å². The number of nitrogens with two attached hydrogens (primary N) is 1. The summed E-state index contributed by atoms with van der Waals surface area (Å²) in [4.78, 5) is 0. The molecule has 0 aromatic heterocycles. The summed E-state index contributed by atoms with van der Waals surface area (Å²) in [7, 11) is 0. The molecule has 0 aliphatic carbocycles. The lowest BCUT2D eigenvalue weighted by atomic mass is 10.8. The summed E-state index contributed by atoms with van der Waals surface area (Å²) in [6.45, 7) is 10.7. The Morgan fingerprint density at radius 2 is 1.00 bits per heavy atom. The smallest absolute Gasteiger partial charge is 0.0106 e. The Labute approximate surface area is 66.4 Å². The van der Waals surface area contributed by atoms with Crippen molar-refractivity contribution in [3.05, 3.63) is 0 Å². The first kappa shape index (κ1) is 22.8. The summed E-state index contributed by atoms with van der Waals surface area (Å²) in [6.07, 6.45) is 1.69. The maximum absolute atomic E-state index is 4.85. The second-order valence-corrected chi connectivity index (χ2v) is 0.408. The molecule has 0 aliphatic rings. The molecule has 0 atom stereocenters. The van der Waals surface area contributed by atoms with Crippen LogP contribution >= 0.6 is 12.6 Å². The molecule has 0 fully saturated rings. The molecule has 0 aliphatic heterocycles. The normalized spacial score (nSPS) is 4.00. The van der Waals surface area contributed by atoms with Gasteiger partial charge in [0.2, 0.25) is 0 Å². The van der Waals surface area contributed by atoms with Crippen LogP contribution in [0.1, 0.15) is 34.6 Å². The molecule has 0 aromatic carbocycles. The Morgan fingerprint density at radius 3 is 1.00 bits per heavy atom. The molecule has 62 valence electrons. The van der Waals surface area contributed by atoms with E-state index < -0.39 is 0 Å². The molecule has 0 bridgehead atoms. The molecule has 1 nitrogen and oxygen atoms in total. The second-order valence-electron chi connectivity index (χ2n) is 0.408. The SMILES string of the molecule is CC.CC.CCN.CS. The Balaban J connectivity index is -0.0000000190. The molecule has 0 saturated carbocycles. The number of hydrogen-bond acceptors (Lipinski definition) is 2. The predicted octanol–water partition coefficient (Wildman–Crippen LogP) is 2.56. The second kappa shape index (κ2) is 259. The van der Waals surface area contributed by atoms with Crippen molar-refractivity contribution < 1.29 is 0 Å². The van der Waals surface area contributed by atoms with Crippen LogP contribution in [0, 0.1) is 0 Å². The first-order chi connectivity index (χ1) is 4.41. The summed E-state index contributed by atoms with van der Waals surface area (Å²) in [5.74, 6) is 0. The molecule has 0 spiro atoms. The van der Waals surface area contributed by atoms with E-state index in [1.165, 1.54) is 0 Å². The van der Waals surface area contributed by atoms with Crippen molar-refractivity contribution in [1.29, 1.82) is 0 Å². The highest BCUT2D eigenvalue weighted by Gasteiger charge is 1.32. The third-order valence-corrected chi connectivity index (χ3v) is 0. The topological polar surface area (TPSA) is 26.0 Å². The molecule has 0 radical (unpaired) electrons. The van der Waals surface area contributed by atoms with Crippen molar-refractivity contribution in [3.63, 3.8) is 0 Å². The van der Waals surface area contributed by atoms with Crippen LogP contribution in [0.25, 0.3) is 0 Å². The third kappa shape index (κ3) is 3440. The molecule has 0 saturated heterocycles. The monoisotopic (exact) mass is 153 g/mol.